The van der Waals surface area contributed by atoms with Gasteiger partial charge in [-0.25, -0.2) is 13.2 Å². The SMILES string of the molecule is CCOc1ccc(S(=O)(=O)Nc2ccccc2C(=O)OCc2nc(C(C)C)no2)cc1. The van der Waals surface area contributed by atoms with E-state index in [1.54, 1.807) is 24.3 Å². The van der Waals surface area contributed by atoms with Crippen LogP contribution in [0.4, 0.5) is 5.69 Å². The van der Waals surface area contributed by atoms with Crippen molar-refractivity contribution < 1.29 is 27.2 Å². The summed E-state index contributed by atoms with van der Waals surface area (Å²) in [7, 11) is -3.93. The average molecular weight is 445 g/mol. The third-order valence-corrected chi connectivity index (χ3v) is 5.54. The molecule has 0 saturated heterocycles. The summed E-state index contributed by atoms with van der Waals surface area (Å²) in [4.78, 5) is 16.7. The Morgan fingerprint density at radius 1 is 1.13 bits per heavy atom. The standard InChI is InChI=1S/C21H23N3O6S/c1-4-28-15-9-11-16(12-10-15)31(26,27)24-18-8-6-5-7-17(18)21(25)29-13-19-22-20(14(2)3)23-30-19/h5-12,14,24H,4,13H2,1-3H3. The van der Waals surface area contributed by atoms with Gasteiger partial charge in [0.15, 0.2) is 12.4 Å². The highest BCUT2D eigenvalue weighted by Gasteiger charge is 2.20. The van der Waals surface area contributed by atoms with Gasteiger partial charge in [0.2, 0.25) is 0 Å². The van der Waals surface area contributed by atoms with Crippen LogP contribution in [0.3, 0.4) is 0 Å². The number of nitrogens with one attached hydrogen (secondary N) is 1. The van der Waals surface area contributed by atoms with Crippen LogP contribution in [0.15, 0.2) is 57.9 Å². The van der Waals surface area contributed by atoms with Crippen molar-refractivity contribution in [2.24, 2.45) is 0 Å². The predicted molar refractivity (Wildman–Crippen MR) is 112 cm³/mol. The van der Waals surface area contributed by atoms with Crippen molar-refractivity contribution in [2.75, 3.05) is 11.3 Å². The van der Waals surface area contributed by atoms with Crippen molar-refractivity contribution in [1.29, 1.82) is 0 Å². The summed E-state index contributed by atoms with van der Waals surface area (Å²) < 4.78 is 43.5. The van der Waals surface area contributed by atoms with E-state index in [1.165, 1.54) is 24.3 Å². The molecule has 10 heteroatoms. The number of para-hydroxylation sites is 1. The fourth-order valence-corrected chi connectivity index (χ4v) is 3.68. The van der Waals surface area contributed by atoms with E-state index in [9.17, 15) is 13.2 Å². The molecule has 3 rings (SSSR count). The average Bonchev–Trinajstić information content (AvgIpc) is 3.22. The molecule has 0 fully saturated rings. The van der Waals surface area contributed by atoms with Gasteiger partial charge >= 0.3 is 5.97 Å². The van der Waals surface area contributed by atoms with Crippen LogP contribution in [-0.2, 0) is 21.4 Å². The fraction of sp³-hybridized carbons (Fsp3) is 0.286. The Labute approximate surface area is 180 Å². The third kappa shape index (κ3) is 5.60. The monoisotopic (exact) mass is 445 g/mol. The minimum absolute atomic E-state index is 0.0335. The number of carbonyl (C=O) groups excluding carboxylic acids is 1. The summed E-state index contributed by atoms with van der Waals surface area (Å²) in [5, 5.41) is 3.81. The Morgan fingerprint density at radius 2 is 1.84 bits per heavy atom. The second kappa shape index (κ2) is 9.61. The minimum atomic E-state index is -3.93. The maximum absolute atomic E-state index is 12.8. The summed E-state index contributed by atoms with van der Waals surface area (Å²) in [5.41, 5.74) is 0.149. The smallest absolute Gasteiger partial charge is 0.340 e. The molecule has 1 aromatic heterocycles. The molecular weight excluding hydrogens is 422 g/mol. The number of nitrogens with zero attached hydrogens (tertiary/aromatic N) is 2. The van der Waals surface area contributed by atoms with Crippen LogP contribution in [0.1, 0.15) is 48.8 Å². The molecule has 9 nitrogen and oxygen atoms in total. The zero-order valence-electron chi connectivity index (χ0n) is 17.4. The molecule has 0 saturated carbocycles. The molecule has 0 spiro atoms. The third-order valence-electron chi connectivity index (χ3n) is 4.16. The largest absolute Gasteiger partial charge is 0.494 e. The molecule has 0 bridgehead atoms. The summed E-state index contributed by atoms with van der Waals surface area (Å²) in [5.74, 6) is 0.575. The molecule has 31 heavy (non-hydrogen) atoms. The normalized spacial score (nSPS) is 11.4. The van der Waals surface area contributed by atoms with Crippen LogP contribution < -0.4 is 9.46 Å². The van der Waals surface area contributed by atoms with E-state index < -0.39 is 16.0 Å². The van der Waals surface area contributed by atoms with E-state index in [4.69, 9.17) is 14.0 Å². The molecule has 1 heterocycles. The lowest BCUT2D eigenvalue weighted by molar-refractivity contribution is 0.0431. The van der Waals surface area contributed by atoms with Crippen LogP contribution in [0.2, 0.25) is 0 Å². The van der Waals surface area contributed by atoms with Crippen molar-refractivity contribution in [3.8, 4) is 5.75 Å². The van der Waals surface area contributed by atoms with Crippen LogP contribution >= 0.6 is 0 Å². The van der Waals surface area contributed by atoms with Crippen LogP contribution in [0.5, 0.6) is 5.75 Å². The van der Waals surface area contributed by atoms with Crippen LogP contribution in [0, 0.1) is 0 Å². The number of anilines is 1. The molecular formula is C21H23N3O6S. The zero-order chi connectivity index (χ0) is 22.4. The zero-order valence-corrected chi connectivity index (χ0v) is 18.2. The highest BCUT2D eigenvalue weighted by Crippen LogP contribution is 2.23. The molecule has 3 aromatic rings. The van der Waals surface area contributed by atoms with Gasteiger partial charge in [-0.1, -0.05) is 31.1 Å². The first-order valence-electron chi connectivity index (χ1n) is 9.64. The Bertz CT molecular complexity index is 1140. The van der Waals surface area contributed by atoms with Crippen molar-refractivity contribution in [3.63, 3.8) is 0 Å². The number of esters is 1. The van der Waals surface area contributed by atoms with Crippen molar-refractivity contribution in [1.82, 2.24) is 10.1 Å². The number of rotatable bonds is 9. The van der Waals surface area contributed by atoms with E-state index in [1.807, 2.05) is 20.8 Å². The first kappa shape index (κ1) is 22.3. The van der Waals surface area contributed by atoms with Gasteiger partial charge in [0.05, 0.1) is 22.8 Å². The first-order chi connectivity index (χ1) is 14.8. The maximum atomic E-state index is 12.8. The lowest BCUT2D eigenvalue weighted by Crippen LogP contribution is -2.16. The van der Waals surface area contributed by atoms with Crippen LogP contribution in [-0.4, -0.2) is 31.1 Å². The highest BCUT2D eigenvalue weighted by atomic mass is 32.2. The highest BCUT2D eigenvalue weighted by molar-refractivity contribution is 7.92. The summed E-state index contributed by atoms with van der Waals surface area (Å²) in [6, 6.07) is 12.1. The molecule has 0 unspecified atom stereocenters. The molecule has 0 atom stereocenters. The molecule has 0 aliphatic rings. The Balaban J connectivity index is 1.73. The number of hydrogen-bond donors (Lipinski definition) is 1. The summed E-state index contributed by atoms with van der Waals surface area (Å²) in [6.45, 7) is 5.91. The van der Waals surface area contributed by atoms with Gasteiger partial charge in [-0.15, -0.1) is 0 Å². The van der Waals surface area contributed by atoms with Gasteiger partial charge in [-0.2, -0.15) is 4.98 Å². The number of aromatic nitrogens is 2. The quantitative estimate of drug-likeness (QED) is 0.494. The number of ether oxygens (including phenoxy) is 2. The molecule has 0 aliphatic carbocycles. The molecule has 0 amide bonds. The molecule has 0 aliphatic heterocycles. The van der Waals surface area contributed by atoms with Gasteiger partial charge in [0, 0.05) is 5.92 Å². The second-order valence-electron chi connectivity index (χ2n) is 6.83. The first-order valence-corrected chi connectivity index (χ1v) is 11.1. The number of carbonyl (C=O) groups is 1. The Kier molecular flexibility index (Phi) is 6.91. The number of hydrogen-bond acceptors (Lipinski definition) is 8. The Hall–Kier alpha value is -3.40. The van der Waals surface area contributed by atoms with Gasteiger partial charge in [0.25, 0.3) is 15.9 Å². The topological polar surface area (TPSA) is 121 Å². The number of benzene rings is 2. The summed E-state index contributed by atoms with van der Waals surface area (Å²) in [6.07, 6.45) is 0. The van der Waals surface area contributed by atoms with Gasteiger partial charge in [-0.3, -0.25) is 4.72 Å². The van der Waals surface area contributed by atoms with E-state index in [-0.39, 0.29) is 34.6 Å². The number of sulfonamides is 1. The fourth-order valence-electron chi connectivity index (χ4n) is 2.60. The van der Waals surface area contributed by atoms with Crippen LogP contribution in [0.25, 0.3) is 0 Å². The second-order valence-corrected chi connectivity index (χ2v) is 8.52. The minimum Gasteiger partial charge on any atom is -0.494 e. The Morgan fingerprint density at radius 3 is 2.48 bits per heavy atom. The van der Waals surface area contributed by atoms with E-state index >= 15 is 0 Å². The van der Waals surface area contributed by atoms with E-state index in [0.717, 1.165) is 0 Å². The lowest BCUT2D eigenvalue weighted by Gasteiger charge is -2.12. The predicted octanol–water partition coefficient (Wildman–Crippen LogP) is 3.75. The molecule has 1 N–H and O–H groups in total. The van der Waals surface area contributed by atoms with Gasteiger partial charge in [-0.05, 0) is 43.3 Å². The van der Waals surface area contributed by atoms with Gasteiger partial charge < -0.3 is 14.0 Å². The molecule has 164 valence electrons. The lowest BCUT2D eigenvalue weighted by atomic mass is 10.2. The molecule has 0 radical (unpaired) electrons. The summed E-state index contributed by atoms with van der Waals surface area (Å²) >= 11 is 0. The van der Waals surface area contributed by atoms with Crippen molar-refractivity contribution in [2.45, 2.75) is 38.2 Å². The van der Waals surface area contributed by atoms with Crippen molar-refractivity contribution >= 4 is 21.7 Å². The maximum Gasteiger partial charge on any atom is 0.340 e. The van der Waals surface area contributed by atoms with Crippen molar-refractivity contribution in [3.05, 3.63) is 65.8 Å². The van der Waals surface area contributed by atoms with E-state index in [2.05, 4.69) is 14.9 Å². The van der Waals surface area contributed by atoms with E-state index in [0.29, 0.717) is 18.2 Å². The van der Waals surface area contributed by atoms with Gasteiger partial charge in [0.1, 0.15) is 5.75 Å². The molecule has 2 aromatic carbocycles.